The summed E-state index contributed by atoms with van der Waals surface area (Å²) >= 11 is 0. The van der Waals surface area contributed by atoms with Gasteiger partial charge in [-0.2, -0.15) is 0 Å². The van der Waals surface area contributed by atoms with Crippen LogP contribution < -0.4 is 14.2 Å². The molecule has 0 aliphatic carbocycles. The van der Waals surface area contributed by atoms with Crippen molar-refractivity contribution < 1.29 is 67.3 Å². The van der Waals surface area contributed by atoms with E-state index in [1.54, 1.807) is 0 Å². The van der Waals surface area contributed by atoms with Gasteiger partial charge in [-0.15, -0.1) is 0 Å². The van der Waals surface area contributed by atoms with Gasteiger partial charge in [0.05, 0.1) is 68.9 Å². The number of carbonyl (C=O) groups excluding carboxylic acids is 4. The molecule has 12 atom stereocenters. The zero-order chi connectivity index (χ0) is 52.2. The number of fused-ring (bicyclic) bond motifs is 10. The molecule has 16 heteroatoms. The normalized spacial score (nSPS) is 29.6. The minimum absolute atomic E-state index is 0.0137. The van der Waals surface area contributed by atoms with Crippen LogP contribution >= 0.6 is 0 Å². The molecule has 4 amide bonds. The van der Waals surface area contributed by atoms with E-state index in [1.807, 2.05) is 118 Å². The van der Waals surface area contributed by atoms with Crippen LogP contribution in [0.1, 0.15) is 64.2 Å². The molecule has 4 bridgehead atoms. The summed E-state index contributed by atoms with van der Waals surface area (Å²) in [6, 6.07) is 23.2. The molecule has 7 aliphatic heterocycles. The molecule has 3 aromatic rings. The number of likely N-dealkylation sites (tertiary alicyclic amines) is 2. The summed E-state index contributed by atoms with van der Waals surface area (Å²) in [7, 11) is 0. The Bertz CT molecular complexity index is 2610. The summed E-state index contributed by atoms with van der Waals surface area (Å²) in [4.78, 5) is 58.3. The van der Waals surface area contributed by atoms with Crippen LogP contribution in [0.5, 0.6) is 17.2 Å². The molecule has 3 aromatic carbocycles. The van der Waals surface area contributed by atoms with Crippen molar-refractivity contribution >= 4 is 23.6 Å². The van der Waals surface area contributed by atoms with E-state index in [1.165, 1.54) is 9.80 Å². The van der Waals surface area contributed by atoms with Crippen molar-refractivity contribution in [3.63, 3.8) is 0 Å². The van der Waals surface area contributed by atoms with Gasteiger partial charge in [0.15, 0.2) is 0 Å². The minimum Gasteiger partial charge on any atom is -0.491 e. The third-order valence-electron chi connectivity index (χ3n) is 16.0. The second-order valence-electron chi connectivity index (χ2n) is 22.9. The molecule has 2 N–H and O–H groups in total. The van der Waals surface area contributed by atoms with Gasteiger partial charge in [-0.25, -0.2) is 0 Å². The molecule has 16 nitrogen and oxygen atoms in total. The van der Waals surface area contributed by atoms with Gasteiger partial charge in [0.2, 0.25) is 23.6 Å². The number of ether oxygens (including phenoxy) is 8. The van der Waals surface area contributed by atoms with Crippen molar-refractivity contribution in [2.45, 2.75) is 102 Å². The summed E-state index contributed by atoms with van der Waals surface area (Å²) in [5.74, 6) is -1.54. The van der Waals surface area contributed by atoms with E-state index < -0.39 is 64.7 Å². The molecule has 7 heterocycles. The molecule has 74 heavy (non-hydrogen) atoms. The fourth-order valence-corrected chi connectivity index (χ4v) is 12.0. The van der Waals surface area contributed by atoms with Gasteiger partial charge >= 0.3 is 0 Å². The van der Waals surface area contributed by atoms with Gasteiger partial charge in [0.1, 0.15) is 66.6 Å². The highest BCUT2D eigenvalue weighted by atomic mass is 16.6. The molecule has 0 spiro atoms. The predicted molar refractivity (Wildman–Crippen MR) is 269 cm³/mol. The Labute approximate surface area is 432 Å². The summed E-state index contributed by atoms with van der Waals surface area (Å²) in [6.07, 6.45) is 5.95. The Hall–Kier alpha value is -5.46. The van der Waals surface area contributed by atoms with Crippen LogP contribution in [0.15, 0.2) is 97.1 Å². The van der Waals surface area contributed by atoms with Gasteiger partial charge < -0.3 is 48.1 Å². The van der Waals surface area contributed by atoms with Crippen LogP contribution in [-0.2, 0) is 48.3 Å². The maximum absolute atomic E-state index is 14.1. The van der Waals surface area contributed by atoms with Gasteiger partial charge in [-0.05, 0) is 78.6 Å². The van der Waals surface area contributed by atoms with E-state index in [4.69, 9.17) is 37.9 Å². The first kappa shape index (κ1) is 52.0. The van der Waals surface area contributed by atoms with Crippen molar-refractivity contribution in [3.8, 4) is 17.2 Å². The Morgan fingerprint density at radius 3 is 1.62 bits per heavy atom. The standard InChI is InChI=1S/C58H70N2O14/c1-35-7-13-41(14-8-35)70-28-40(62)29-71-43-17-11-38(12-18-43)56(5,6)37-9-15-42(16-10-37)69-27-39(61)26-67-33-57-22-19-45(73-57)47-49(57)53(65)59(51(47)63)24-21-36(2)25-55(3,4)32-60-52(64)48-46-20-23-58(74-46,50(48)54(60)66)34-68-30-44-31-72-44/h7-20,22-23,36,39-40,44-50,61-62H,21,24-34H2,1-6H3. The van der Waals surface area contributed by atoms with Gasteiger partial charge in [-0.1, -0.05) is 101 Å². The van der Waals surface area contributed by atoms with Crippen molar-refractivity contribution in [1.82, 2.24) is 9.80 Å². The third kappa shape index (κ3) is 10.4. The van der Waals surface area contributed by atoms with Crippen LogP contribution in [0.25, 0.3) is 0 Å². The fraction of sp³-hybridized carbons (Fsp3) is 0.552. The van der Waals surface area contributed by atoms with Crippen LogP contribution in [0, 0.1) is 41.9 Å². The fourth-order valence-electron chi connectivity index (χ4n) is 12.0. The number of hydrogen-bond acceptors (Lipinski definition) is 14. The average molecular weight is 1020 g/mol. The highest BCUT2D eigenvalue weighted by Gasteiger charge is 2.69. The Morgan fingerprint density at radius 1 is 0.649 bits per heavy atom. The number of nitrogens with zero attached hydrogens (tertiary/aromatic N) is 2. The number of amides is 4. The highest BCUT2D eigenvalue weighted by Crippen LogP contribution is 2.54. The lowest BCUT2D eigenvalue weighted by Crippen LogP contribution is -2.46. The van der Waals surface area contributed by atoms with E-state index in [0.717, 1.165) is 16.7 Å². The minimum atomic E-state index is -1.12. The molecular formula is C58H70N2O14. The van der Waals surface area contributed by atoms with E-state index in [2.05, 4.69) is 20.8 Å². The van der Waals surface area contributed by atoms with Crippen molar-refractivity contribution in [2.75, 3.05) is 65.9 Å². The molecule has 0 saturated carbocycles. The molecule has 10 rings (SSSR count). The second kappa shape index (κ2) is 20.6. The number of aliphatic hydroxyl groups is 2. The molecule has 12 unspecified atom stereocenters. The largest absolute Gasteiger partial charge is 0.491 e. The molecule has 396 valence electrons. The van der Waals surface area contributed by atoms with Crippen LogP contribution in [0.3, 0.4) is 0 Å². The number of carbonyl (C=O) groups is 4. The Balaban J connectivity index is 0.649. The van der Waals surface area contributed by atoms with E-state index in [9.17, 15) is 29.4 Å². The number of rotatable bonds is 26. The monoisotopic (exact) mass is 1020 g/mol. The molecule has 0 radical (unpaired) electrons. The Kier molecular flexibility index (Phi) is 14.5. The maximum Gasteiger partial charge on any atom is 0.236 e. The zero-order valence-electron chi connectivity index (χ0n) is 43.2. The second-order valence-corrected chi connectivity index (χ2v) is 22.9. The van der Waals surface area contributed by atoms with Crippen LogP contribution in [0.4, 0.5) is 0 Å². The van der Waals surface area contributed by atoms with E-state index >= 15 is 0 Å². The number of imide groups is 2. The lowest BCUT2D eigenvalue weighted by atomic mass is 9.77. The molecular weight excluding hydrogens is 949 g/mol. The third-order valence-corrected chi connectivity index (χ3v) is 16.0. The lowest BCUT2D eigenvalue weighted by Gasteiger charge is -2.34. The summed E-state index contributed by atoms with van der Waals surface area (Å²) < 4.78 is 47.1. The summed E-state index contributed by atoms with van der Waals surface area (Å²) in [5, 5.41) is 21.3. The number of benzene rings is 3. The quantitative estimate of drug-likeness (QED) is 0.0593. The lowest BCUT2D eigenvalue weighted by molar-refractivity contribution is -0.149. The maximum atomic E-state index is 14.1. The SMILES string of the molecule is Cc1ccc(OCC(O)COc2ccc(C(C)(C)c3ccc(OCC(O)COCC45C=CC(O4)C4C(=O)N(CCC(C)CC(C)(C)CN6C(=O)C7C8C=CC(COCC9CO9)(O8)C7C6=O)C(=O)C45)cc3)cc2)cc1. The molecule has 7 aliphatic rings. The molecule has 5 fully saturated rings. The smallest absolute Gasteiger partial charge is 0.236 e. The summed E-state index contributed by atoms with van der Waals surface area (Å²) in [5.41, 5.74) is 0.415. The van der Waals surface area contributed by atoms with Crippen molar-refractivity contribution in [1.29, 1.82) is 0 Å². The number of hydrogen-bond donors (Lipinski definition) is 2. The zero-order valence-corrected chi connectivity index (χ0v) is 43.2. The summed E-state index contributed by atoms with van der Waals surface area (Å²) in [6.45, 7) is 14.3. The first-order valence-electron chi connectivity index (χ1n) is 26.1. The Morgan fingerprint density at radius 2 is 1.11 bits per heavy atom. The highest BCUT2D eigenvalue weighted by molar-refractivity contribution is 6.08. The van der Waals surface area contributed by atoms with Crippen LogP contribution in [0.2, 0.25) is 0 Å². The molecule has 5 saturated heterocycles. The predicted octanol–water partition coefficient (Wildman–Crippen LogP) is 5.37. The van der Waals surface area contributed by atoms with Crippen molar-refractivity contribution in [3.05, 3.63) is 114 Å². The number of aliphatic hydroxyl groups excluding tert-OH is 2. The van der Waals surface area contributed by atoms with Gasteiger partial charge in [0.25, 0.3) is 0 Å². The van der Waals surface area contributed by atoms with E-state index in [0.29, 0.717) is 43.3 Å². The van der Waals surface area contributed by atoms with Crippen molar-refractivity contribution in [2.24, 2.45) is 35.0 Å². The first-order chi connectivity index (χ1) is 35.3. The average Bonchev–Trinajstić information content (AvgIpc) is 3.66. The number of aryl methyl sites for hydroxylation is 1. The number of epoxide rings is 1. The van der Waals surface area contributed by atoms with Gasteiger partial charge in [-0.3, -0.25) is 29.0 Å². The van der Waals surface area contributed by atoms with Crippen LogP contribution in [-0.4, -0.2) is 151 Å². The van der Waals surface area contributed by atoms with E-state index in [-0.39, 0.29) is 93.8 Å². The topological polar surface area (TPSA) is 192 Å². The molecule has 0 aromatic heterocycles. The first-order valence-corrected chi connectivity index (χ1v) is 26.1. The van der Waals surface area contributed by atoms with Gasteiger partial charge in [0, 0.05) is 18.5 Å².